The van der Waals surface area contributed by atoms with Gasteiger partial charge in [-0.15, -0.1) is 0 Å². The van der Waals surface area contributed by atoms with Crippen LogP contribution in [0, 0.1) is 26.7 Å². The first kappa shape index (κ1) is 52.0. The minimum absolute atomic E-state index is 0.0189. The second-order valence-corrected chi connectivity index (χ2v) is 19.7. The van der Waals surface area contributed by atoms with Crippen molar-refractivity contribution in [3.8, 4) is 5.75 Å². The van der Waals surface area contributed by atoms with Crippen LogP contribution in [0.5, 0.6) is 5.75 Å². The van der Waals surface area contributed by atoms with Gasteiger partial charge in [0, 0.05) is 29.8 Å². The Balaban J connectivity index is 1.25. The molecule has 0 saturated carbocycles. The first-order valence-electron chi connectivity index (χ1n) is 23.1. The number of carbonyl (C=O) groups is 3. The number of urea groups is 1. The van der Waals surface area contributed by atoms with Crippen LogP contribution in [0.1, 0.15) is 112 Å². The van der Waals surface area contributed by atoms with Crippen molar-refractivity contribution < 1.29 is 42.0 Å². The molecule has 67 heavy (non-hydrogen) atoms. The van der Waals surface area contributed by atoms with Crippen LogP contribution in [0.15, 0.2) is 115 Å². The van der Waals surface area contributed by atoms with E-state index < -0.39 is 32.0 Å². The van der Waals surface area contributed by atoms with Gasteiger partial charge in [0.2, 0.25) is 6.79 Å². The molecule has 0 fully saturated rings. The number of hydrogen-bond donors (Lipinski definition) is 2. The molecule has 1 atom stereocenters. The van der Waals surface area contributed by atoms with Gasteiger partial charge >= 0.3 is 25.8 Å². The van der Waals surface area contributed by atoms with Crippen molar-refractivity contribution in [3.63, 3.8) is 0 Å². The Kier molecular flexibility index (Phi) is 19.2. The number of esters is 2. The average Bonchev–Trinajstić information content (AvgIpc) is 3.27. The Labute approximate surface area is 397 Å². The molecule has 5 rings (SSSR count). The van der Waals surface area contributed by atoms with Gasteiger partial charge in [-0.3, -0.25) is 18.6 Å². The van der Waals surface area contributed by atoms with Crippen molar-refractivity contribution in [3.05, 3.63) is 154 Å². The lowest BCUT2D eigenvalue weighted by molar-refractivity contribution is -0.168. The maximum absolute atomic E-state index is 14.4. The maximum Gasteiger partial charge on any atom is 0.530 e. The molecule has 0 aliphatic heterocycles. The van der Waals surface area contributed by atoms with E-state index in [2.05, 4.69) is 36.3 Å². The molecule has 0 aliphatic carbocycles. The highest BCUT2D eigenvalue weighted by atomic mass is 31.2. The number of aryl methyl sites for hydroxylation is 3. The fraction of sp³-hybridized carbons (Fsp3) is 0.389. The molecule has 0 heterocycles. The lowest BCUT2D eigenvalue weighted by Gasteiger charge is -2.30. The first-order chi connectivity index (χ1) is 32.0. The third-order valence-corrected chi connectivity index (χ3v) is 12.5. The van der Waals surface area contributed by atoms with E-state index >= 15 is 0 Å². The second-order valence-electron chi connectivity index (χ2n) is 18.1. The van der Waals surface area contributed by atoms with Crippen LogP contribution in [0.4, 0.5) is 21.9 Å². The van der Waals surface area contributed by atoms with E-state index in [-0.39, 0.29) is 43.8 Å². The molecule has 5 aromatic rings. The predicted molar refractivity (Wildman–Crippen MR) is 267 cm³/mol. The number of ether oxygens (including phenoxy) is 2. The van der Waals surface area contributed by atoms with E-state index in [1.54, 1.807) is 6.07 Å². The molecule has 0 saturated heterocycles. The summed E-state index contributed by atoms with van der Waals surface area (Å²) in [5.74, 6) is -0.734. The highest BCUT2D eigenvalue weighted by Crippen LogP contribution is 2.53. The summed E-state index contributed by atoms with van der Waals surface area (Å²) in [7, 11) is -4.24. The van der Waals surface area contributed by atoms with Crippen LogP contribution in [-0.4, -0.2) is 37.9 Å². The van der Waals surface area contributed by atoms with Crippen LogP contribution >= 0.6 is 7.82 Å². The van der Waals surface area contributed by atoms with Gasteiger partial charge < -0.3 is 29.5 Å². The number of anilines is 3. The predicted octanol–water partition coefficient (Wildman–Crippen LogP) is 13.3. The first-order valence-corrected chi connectivity index (χ1v) is 24.6. The van der Waals surface area contributed by atoms with E-state index in [0.29, 0.717) is 29.3 Å². The molecule has 0 bridgehead atoms. The Morgan fingerprint density at radius 2 is 1.34 bits per heavy atom. The molecule has 2 amide bonds. The lowest BCUT2D eigenvalue weighted by Crippen LogP contribution is -2.30. The quantitative estimate of drug-likeness (QED) is 0.0349. The molecule has 13 heteroatoms. The monoisotopic (exact) mass is 933 g/mol. The average molecular weight is 934 g/mol. The minimum Gasteiger partial charge on any atom is -0.428 e. The van der Waals surface area contributed by atoms with Gasteiger partial charge in [-0.2, -0.15) is 0 Å². The Hall–Kier alpha value is -5.94. The molecule has 0 unspecified atom stereocenters. The molecule has 0 radical (unpaired) electrons. The number of nitrogens with one attached hydrogen (secondary N) is 2. The fourth-order valence-electron chi connectivity index (χ4n) is 8.08. The molecule has 0 aliphatic rings. The van der Waals surface area contributed by atoms with Crippen molar-refractivity contribution >= 4 is 42.9 Å². The highest BCUT2D eigenvalue weighted by Gasteiger charge is 2.36. The van der Waals surface area contributed by atoms with Crippen LogP contribution < -0.4 is 20.1 Å². The van der Waals surface area contributed by atoms with Crippen molar-refractivity contribution in [1.29, 1.82) is 0 Å². The molecular weight excluding hydrogens is 866 g/mol. The molecule has 358 valence electrons. The summed E-state index contributed by atoms with van der Waals surface area (Å²) in [4.78, 5) is 42.4. The summed E-state index contributed by atoms with van der Waals surface area (Å²) < 4.78 is 43.6. The number of phosphoric ester groups is 1. The third kappa shape index (κ3) is 16.1. The van der Waals surface area contributed by atoms with Gasteiger partial charge in [0.05, 0.1) is 37.4 Å². The number of amides is 2. The Morgan fingerprint density at radius 3 is 1.93 bits per heavy atom. The third-order valence-electron chi connectivity index (χ3n) is 11.2. The van der Waals surface area contributed by atoms with Gasteiger partial charge in [0.15, 0.2) is 0 Å². The van der Waals surface area contributed by atoms with Gasteiger partial charge in [-0.1, -0.05) is 132 Å². The van der Waals surface area contributed by atoms with Gasteiger partial charge in [-0.05, 0) is 104 Å². The standard InChI is InChI=1S/C54H68N3O9P/c1-10-28-57(34-38(3)4)48-27-24-45(31-47(48)56-53(60)55-46-25-22-39(5)23-26-46)44(11-2)32-50(58)62-37-63-51(59)33-54(8,9)52-41(7)29-40(6)30-49(52)66-67(61,64-35-42-18-14-12-15-19-42)65-36-43-20-16-13-17-21-43/h12-27,29-31,38,44H,10-11,28,32-37H2,1-9H3,(H2,55,56,60)/t44-/m0/s1. The fourth-order valence-corrected chi connectivity index (χ4v) is 9.26. The van der Waals surface area contributed by atoms with Gasteiger partial charge in [0.1, 0.15) is 5.75 Å². The van der Waals surface area contributed by atoms with E-state index in [0.717, 1.165) is 58.6 Å². The molecule has 5 aromatic carbocycles. The number of phosphoric acid groups is 1. The highest BCUT2D eigenvalue weighted by molar-refractivity contribution is 7.48. The van der Waals surface area contributed by atoms with Crippen LogP contribution in [0.3, 0.4) is 0 Å². The number of hydrogen-bond acceptors (Lipinski definition) is 10. The second kappa shape index (κ2) is 24.7. The van der Waals surface area contributed by atoms with Crippen LogP contribution in [-0.2, 0) is 51.3 Å². The maximum atomic E-state index is 14.4. The van der Waals surface area contributed by atoms with Crippen LogP contribution in [0.25, 0.3) is 0 Å². The van der Waals surface area contributed by atoms with Gasteiger partial charge in [-0.25, -0.2) is 9.36 Å². The normalized spacial score (nSPS) is 12.0. The number of rotatable bonds is 24. The SMILES string of the molecule is CCCN(CC(C)C)c1ccc([C@@H](CC)CC(=O)OCOC(=O)CC(C)(C)c2c(C)cc(C)cc2OP(=O)(OCc2ccccc2)OCc2ccccc2)cc1NC(=O)Nc1ccc(C)cc1. The summed E-state index contributed by atoms with van der Waals surface area (Å²) in [6, 6.07) is 35.5. The molecule has 2 N–H and O–H groups in total. The lowest BCUT2D eigenvalue weighted by atomic mass is 9.78. The number of nitrogens with zero attached hydrogens (tertiary/aromatic N) is 1. The van der Waals surface area contributed by atoms with E-state index in [9.17, 15) is 18.9 Å². The van der Waals surface area contributed by atoms with Crippen molar-refractivity contribution in [2.75, 3.05) is 35.4 Å². The zero-order valence-electron chi connectivity index (χ0n) is 40.6. The summed E-state index contributed by atoms with van der Waals surface area (Å²) in [6.07, 6.45) is 1.45. The topological polar surface area (TPSA) is 142 Å². The zero-order valence-corrected chi connectivity index (χ0v) is 41.5. The molecular formula is C54H68N3O9P. The van der Waals surface area contributed by atoms with Crippen molar-refractivity contribution in [2.24, 2.45) is 5.92 Å². The van der Waals surface area contributed by atoms with Crippen molar-refractivity contribution in [2.45, 2.75) is 113 Å². The van der Waals surface area contributed by atoms with E-state index in [1.165, 1.54) is 0 Å². The molecule has 0 aromatic heterocycles. The minimum atomic E-state index is -4.24. The zero-order chi connectivity index (χ0) is 48.6. The summed E-state index contributed by atoms with van der Waals surface area (Å²) >= 11 is 0. The van der Waals surface area contributed by atoms with E-state index in [1.807, 2.05) is 151 Å². The van der Waals surface area contributed by atoms with E-state index in [4.69, 9.17) is 23.0 Å². The summed E-state index contributed by atoms with van der Waals surface area (Å²) in [6.45, 7) is 19.0. The number of carbonyl (C=O) groups excluding carboxylic acids is 3. The summed E-state index contributed by atoms with van der Waals surface area (Å²) in [5, 5.41) is 6.01. The van der Waals surface area contributed by atoms with Crippen LogP contribution in [0.2, 0.25) is 0 Å². The largest absolute Gasteiger partial charge is 0.530 e. The van der Waals surface area contributed by atoms with Gasteiger partial charge in [0.25, 0.3) is 0 Å². The smallest absolute Gasteiger partial charge is 0.428 e. The number of benzene rings is 5. The Morgan fingerprint density at radius 1 is 0.731 bits per heavy atom. The molecule has 12 nitrogen and oxygen atoms in total. The summed E-state index contributed by atoms with van der Waals surface area (Å²) in [5.41, 5.74) is 7.11. The molecule has 0 spiro atoms. The van der Waals surface area contributed by atoms with Crippen molar-refractivity contribution in [1.82, 2.24) is 0 Å². The Bertz CT molecular complexity index is 2400.